The quantitative estimate of drug-likeness (QED) is 0.396. The molecule has 0 unspecified atom stereocenters. The first-order valence-electron chi connectivity index (χ1n) is 3.04. The maximum atomic E-state index is 12.8. The van der Waals surface area contributed by atoms with Gasteiger partial charge in [0.2, 0.25) is 0 Å². The third-order valence-electron chi connectivity index (χ3n) is 1.60. The lowest BCUT2D eigenvalue weighted by Gasteiger charge is -2.19. The Kier molecular flexibility index (Phi) is 2.40. The zero-order valence-corrected chi connectivity index (χ0v) is 6.33. The zero-order chi connectivity index (χ0) is 8.65. The molecule has 0 aromatic carbocycles. The van der Waals surface area contributed by atoms with Crippen molar-refractivity contribution in [2.24, 2.45) is 0 Å². The number of alkyl halides is 1. The number of aliphatic hydroxyl groups excluding tert-OH is 3. The minimum absolute atomic E-state index is 0.477. The second-order valence-electron chi connectivity index (χ2n) is 2.38. The van der Waals surface area contributed by atoms with Crippen molar-refractivity contribution in [3.63, 3.8) is 0 Å². The number of hydrogen-bond donors (Lipinski definition) is 4. The highest BCUT2D eigenvalue weighted by atomic mass is 32.2. The van der Waals surface area contributed by atoms with Crippen LogP contribution in [0.15, 0.2) is 0 Å². The average Bonchev–Trinajstić information content (AvgIpc) is 2.14. The van der Waals surface area contributed by atoms with Gasteiger partial charge in [0, 0.05) is 0 Å². The number of halogens is 1. The Balaban J connectivity index is 2.71. The van der Waals surface area contributed by atoms with Crippen molar-refractivity contribution in [3.05, 3.63) is 0 Å². The van der Waals surface area contributed by atoms with Gasteiger partial charge in [-0.05, 0) is 0 Å². The van der Waals surface area contributed by atoms with Crippen molar-refractivity contribution >= 4 is 11.8 Å². The Morgan fingerprint density at radius 3 is 2.18 bits per heavy atom. The van der Waals surface area contributed by atoms with E-state index in [4.69, 9.17) is 20.4 Å². The van der Waals surface area contributed by atoms with Gasteiger partial charge in [-0.25, -0.2) is 4.39 Å². The molecule has 0 aliphatic carbocycles. The highest BCUT2D eigenvalue weighted by molar-refractivity contribution is 8.00. The van der Waals surface area contributed by atoms with E-state index in [1.165, 1.54) is 0 Å². The van der Waals surface area contributed by atoms with E-state index in [0.29, 0.717) is 11.8 Å². The van der Waals surface area contributed by atoms with Gasteiger partial charge in [-0.3, -0.25) is 0 Å². The standard InChI is InChI=1S/C5H9FO4S/c6-5(10)3(8)2(1-7)11-4(5)9/h2-4,7-10H,1H2/t2-,3+,4-,5-/m0/s1. The third-order valence-corrected chi connectivity index (χ3v) is 2.94. The first-order chi connectivity index (χ1) is 5.00. The van der Waals surface area contributed by atoms with Crippen molar-refractivity contribution in [1.29, 1.82) is 0 Å². The number of hydrogen-bond acceptors (Lipinski definition) is 5. The van der Waals surface area contributed by atoms with Gasteiger partial charge >= 0.3 is 0 Å². The summed E-state index contributed by atoms with van der Waals surface area (Å²) in [6.45, 7) is -0.477. The molecule has 0 amide bonds. The molecule has 6 heteroatoms. The molecule has 11 heavy (non-hydrogen) atoms. The van der Waals surface area contributed by atoms with Crippen LogP contribution in [-0.2, 0) is 0 Å². The molecule has 1 aliphatic rings. The van der Waals surface area contributed by atoms with E-state index in [2.05, 4.69) is 0 Å². The monoisotopic (exact) mass is 184 g/mol. The van der Waals surface area contributed by atoms with Gasteiger partial charge in [0.1, 0.15) is 6.10 Å². The van der Waals surface area contributed by atoms with Crippen LogP contribution in [0.25, 0.3) is 0 Å². The van der Waals surface area contributed by atoms with Crippen LogP contribution in [0.1, 0.15) is 0 Å². The van der Waals surface area contributed by atoms with Gasteiger partial charge < -0.3 is 20.4 Å². The Labute approximate surface area is 66.7 Å². The highest BCUT2D eigenvalue weighted by Crippen LogP contribution is 2.40. The lowest BCUT2D eigenvalue weighted by molar-refractivity contribution is -0.194. The van der Waals surface area contributed by atoms with Crippen LogP contribution < -0.4 is 0 Å². The van der Waals surface area contributed by atoms with Crippen LogP contribution in [0.3, 0.4) is 0 Å². The summed E-state index contributed by atoms with van der Waals surface area (Å²) in [4.78, 5) is 0. The molecule has 0 aromatic heterocycles. The van der Waals surface area contributed by atoms with Gasteiger partial charge in [0.15, 0.2) is 5.44 Å². The van der Waals surface area contributed by atoms with Crippen molar-refractivity contribution in [2.45, 2.75) is 22.6 Å². The van der Waals surface area contributed by atoms with Gasteiger partial charge in [0.25, 0.3) is 5.85 Å². The van der Waals surface area contributed by atoms with Crippen LogP contribution in [0.2, 0.25) is 0 Å². The largest absolute Gasteiger partial charge is 0.395 e. The Hall–Kier alpha value is 0.120. The maximum Gasteiger partial charge on any atom is 0.269 e. The summed E-state index contributed by atoms with van der Waals surface area (Å²) in [5.41, 5.74) is -1.69. The molecule has 4 atom stereocenters. The maximum absolute atomic E-state index is 12.8. The summed E-state index contributed by atoms with van der Waals surface area (Å²) in [6, 6.07) is 0. The molecule has 0 saturated carbocycles. The van der Waals surface area contributed by atoms with E-state index in [1.807, 2.05) is 0 Å². The lowest BCUT2D eigenvalue weighted by Crippen LogP contribution is -2.44. The van der Waals surface area contributed by atoms with Gasteiger partial charge in [-0.1, -0.05) is 0 Å². The fourth-order valence-corrected chi connectivity index (χ4v) is 1.97. The number of aliphatic hydroxyl groups is 4. The first kappa shape index (κ1) is 9.21. The summed E-state index contributed by atoms with van der Waals surface area (Å²) >= 11 is 0.611. The number of thioether (sulfide) groups is 1. The summed E-state index contributed by atoms with van der Waals surface area (Å²) in [7, 11) is 0. The molecular formula is C5H9FO4S. The van der Waals surface area contributed by atoms with Crippen molar-refractivity contribution in [1.82, 2.24) is 0 Å². The fraction of sp³-hybridized carbons (Fsp3) is 1.00. The summed E-state index contributed by atoms with van der Waals surface area (Å²) < 4.78 is 12.8. The van der Waals surface area contributed by atoms with Gasteiger partial charge in [-0.15, -0.1) is 11.8 Å². The van der Waals surface area contributed by atoms with Crippen LogP contribution in [0.4, 0.5) is 4.39 Å². The molecule has 0 spiro atoms. The molecule has 4 nitrogen and oxygen atoms in total. The molecule has 4 N–H and O–H groups in total. The van der Waals surface area contributed by atoms with Crippen molar-refractivity contribution in [2.75, 3.05) is 6.61 Å². The molecule has 1 fully saturated rings. The van der Waals surface area contributed by atoms with E-state index in [-0.39, 0.29) is 0 Å². The van der Waals surface area contributed by atoms with E-state index in [0.717, 1.165) is 0 Å². The van der Waals surface area contributed by atoms with Crippen LogP contribution >= 0.6 is 11.8 Å². The molecule has 0 aromatic rings. The Morgan fingerprint density at radius 1 is 1.45 bits per heavy atom. The average molecular weight is 184 g/mol. The summed E-state index contributed by atoms with van der Waals surface area (Å²) in [5.74, 6) is -3.00. The number of rotatable bonds is 1. The Bertz CT molecular complexity index is 153. The van der Waals surface area contributed by atoms with E-state index < -0.39 is 29.3 Å². The molecule has 0 radical (unpaired) electrons. The topological polar surface area (TPSA) is 80.9 Å². The normalized spacial score (nSPS) is 51.5. The van der Waals surface area contributed by atoms with Crippen molar-refractivity contribution < 1.29 is 24.8 Å². The second kappa shape index (κ2) is 2.87. The van der Waals surface area contributed by atoms with Crippen molar-refractivity contribution in [3.8, 4) is 0 Å². The van der Waals surface area contributed by atoms with E-state index >= 15 is 0 Å². The minimum Gasteiger partial charge on any atom is -0.395 e. The first-order valence-corrected chi connectivity index (χ1v) is 3.98. The summed E-state index contributed by atoms with van der Waals surface area (Å²) in [5, 5.41) is 34.1. The Morgan fingerprint density at radius 2 is 2.00 bits per heavy atom. The molecule has 1 rings (SSSR count). The predicted octanol–water partition coefficient (Wildman–Crippen LogP) is -1.57. The van der Waals surface area contributed by atoms with Crippen LogP contribution in [0, 0.1) is 0 Å². The lowest BCUT2D eigenvalue weighted by atomic mass is 10.1. The molecule has 0 bridgehead atoms. The molecule has 1 heterocycles. The fourth-order valence-electron chi connectivity index (χ4n) is 0.885. The van der Waals surface area contributed by atoms with E-state index in [9.17, 15) is 4.39 Å². The second-order valence-corrected chi connectivity index (χ2v) is 3.71. The third kappa shape index (κ3) is 1.36. The predicted molar refractivity (Wildman–Crippen MR) is 36.5 cm³/mol. The molecular weight excluding hydrogens is 175 g/mol. The minimum atomic E-state index is -3.00. The molecule has 1 aliphatic heterocycles. The summed E-state index contributed by atoms with van der Waals surface area (Å²) in [6.07, 6.45) is -1.73. The molecule has 1 saturated heterocycles. The van der Waals surface area contributed by atoms with Crippen LogP contribution in [-0.4, -0.2) is 49.7 Å². The van der Waals surface area contributed by atoms with Gasteiger partial charge in [-0.2, -0.15) is 0 Å². The van der Waals surface area contributed by atoms with E-state index in [1.54, 1.807) is 0 Å². The smallest absolute Gasteiger partial charge is 0.269 e. The zero-order valence-electron chi connectivity index (χ0n) is 5.51. The molecule has 66 valence electrons. The van der Waals surface area contributed by atoms with Crippen LogP contribution in [0.5, 0.6) is 0 Å². The SMILES string of the molecule is OC[C@@H]1S[C@H](O)[C@](O)(F)[C@@H]1O. The van der Waals surface area contributed by atoms with Gasteiger partial charge in [0.05, 0.1) is 11.9 Å². The highest BCUT2D eigenvalue weighted by Gasteiger charge is 2.54.